The molecule has 0 radical (unpaired) electrons. The van der Waals surface area contributed by atoms with Gasteiger partial charge >= 0.3 is 0 Å². The predicted octanol–water partition coefficient (Wildman–Crippen LogP) is 3.04. The normalized spacial score (nSPS) is 12.2. The maximum absolute atomic E-state index is 11.9. The molecule has 0 saturated carbocycles. The van der Waals surface area contributed by atoms with E-state index in [0.717, 1.165) is 15.0 Å². The summed E-state index contributed by atoms with van der Waals surface area (Å²) in [5, 5.41) is 3.70. The number of rotatable bonds is 1. The topological polar surface area (TPSA) is 34.4 Å². The maximum Gasteiger partial charge on any atom is 0.280 e. The molecule has 1 amide bonds. The van der Waals surface area contributed by atoms with Crippen molar-refractivity contribution in [1.82, 2.24) is 4.57 Å². The van der Waals surface area contributed by atoms with Crippen molar-refractivity contribution in [1.29, 1.82) is 0 Å². The van der Waals surface area contributed by atoms with Crippen LogP contribution in [0.25, 0.3) is 10.2 Å². The van der Waals surface area contributed by atoms with Gasteiger partial charge in [0.2, 0.25) is 0 Å². The Morgan fingerprint density at radius 2 is 2.11 bits per heavy atom. The first-order valence-corrected chi connectivity index (χ1v) is 7.17. The van der Waals surface area contributed by atoms with Crippen molar-refractivity contribution in [2.45, 2.75) is 0 Å². The molecule has 1 aromatic carbocycles. The molecule has 0 saturated heterocycles. The molecule has 18 heavy (non-hydrogen) atoms. The molecule has 0 aliphatic carbocycles. The zero-order chi connectivity index (χ0) is 12.5. The summed E-state index contributed by atoms with van der Waals surface area (Å²) < 4.78 is 3.08. The van der Waals surface area contributed by atoms with Crippen LogP contribution in [0.2, 0.25) is 0 Å². The van der Waals surface area contributed by atoms with E-state index in [0.29, 0.717) is 5.56 Å². The fourth-order valence-electron chi connectivity index (χ4n) is 1.73. The third kappa shape index (κ3) is 1.91. The SMILES string of the molecule is Cn1c(=NC(=O)c2ccsc2)sc2ccccc21. The van der Waals surface area contributed by atoms with E-state index in [9.17, 15) is 4.79 Å². The monoisotopic (exact) mass is 274 g/mol. The van der Waals surface area contributed by atoms with E-state index < -0.39 is 0 Å². The summed E-state index contributed by atoms with van der Waals surface area (Å²) in [6.45, 7) is 0. The standard InChI is InChI=1S/C13H10N2OS2/c1-15-10-4-2-3-5-11(10)18-13(15)14-12(16)9-6-7-17-8-9/h2-8H,1H3. The predicted molar refractivity (Wildman–Crippen MR) is 75.0 cm³/mol. The quantitative estimate of drug-likeness (QED) is 0.671. The molecule has 0 fully saturated rings. The van der Waals surface area contributed by atoms with Gasteiger partial charge in [0, 0.05) is 12.4 Å². The Morgan fingerprint density at radius 1 is 1.28 bits per heavy atom. The van der Waals surface area contributed by atoms with Crippen molar-refractivity contribution in [3.05, 3.63) is 51.5 Å². The molecule has 5 heteroatoms. The van der Waals surface area contributed by atoms with Gasteiger partial charge in [0.05, 0.1) is 15.8 Å². The zero-order valence-corrected chi connectivity index (χ0v) is 11.3. The van der Waals surface area contributed by atoms with Gasteiger partial charge in [0.1, 0.15) is 0 Å². The molecular weight excluding hydrogens is 264 g/mol. The van der Waals surface area contributed by atoms with Crippen molar-refractivity contribution in [2.75, 3.05) is 0 Å². The van der Waals surface area contributed by atoms with Gasteiger partial charge in [-0.3, -0.25) is 4.79 Å². The van der Waals surface area contributed by atoms with E-state index in [2.05, 4.69) is 4.99 Å². The summed E-state index contributed by atoms with van der Waals surface area (Å²) in [7, 11) is 1.93. The minimum absolute atomic E-state index is 0.182. The molecule has 3 rings (SSSR count). The Hall–Kier alpha value is -1.72. The Labute approximate surface area is 112 Å². The number of carbonyl (C=O) groups excluding carboxylic acids is 1. The molecule has 0 spiro atoms. The number of carbonyl (C=O) groups is 1. The first-order chi connectivity index (χ1) is 8.75. The maximum atomic E-state index is 11.9. The number of fused-ring (bicyclic) bond motifs is 1. The number of aryl methyl sites for hydroxylation is 1. The van der Waals surface area contributed by atoms with Crippen molar-refractivity contribution in [2.24, 2.45) is 12.0 Å². The van der Waals surface area contributed by atoms with Crippen molar-refractivity contribution < 1.29 is 4.79 Å². The van der Waals surface area contributed by atoms with Crippen LogP contribution in [0.5, 0.6) is 0 Å². The van der Waals surface area contributed by atoms with Crippen molar-refractivity contribution in [3.8, 4) is 0 Å². The summed E-state index contributed by atoms with van der Waals surface area (Å²) >= 11 is 3.03. The molecule has 0 bridgehead atoms. The summed E-state index contributed by atoms with van der Waals surface area (Å²) in [6.07, 6.45) is 0. The number of hydrogen-bond donors (Lipinski definition) is 0. The van der Waals surface area contributed by atoms with Gasteiger partial charge in [0.15, 0.2) is 4.80 Å². The molecule has 2 aromatic heterocycles. The number of nitrogens with zero attached hydrogens (tertiary/aromatic N) is 2. The molecule has 0 aliphatic heterocycles. The molecule has 0 aliphatic rings. The van der Waals surface area contributed by atoms with Crippen molar-refractivity contribution >= 4 is 38.8 Å². The highest BCUT2D eigenvalue weighted by atomic mass is 32.1. The number of thiazole rings is 1. The van der Waals surface area contributed by atoms with Crippen LogP contribution in [0.4, 0.5) is 0 Å². The van der Waals surface area contributed by atoms with Gasteiger partial charge in [-0.15, -0.1) is 0 Å². The van der Waals surface area contributed by atoms with E-state index in [-0.39, 0.29) is 5.91 Å². The highest BCUT2D eigenvalue weighted by Gasteiger charge is 2.06. The molecule has 3 nitrogen and oxygen atoms in total. The number of aromatic nitrogens is 1. The van der Waals surface area contributed by atoms with Crippen LogP contribution in [-0.2, 0) is 7.05 Å². The third-order valence-electron chi connectivity index (χ3n) is 2.68. The molecule has 90 valence electrons. The fourth-order valence-corrected chi connectivity index (χ4v) is 3.37. The molecular formula is C13H10N2OS2. The lowest BCUT2D eigenvalue weighted by Gasteiger charge is -1.93. The highest BCUT2D eigenvalue weighted by Crippen LogP contribution is 2.15. The molecule has 3 aromatic rings. The lowest BCUT2D eigenvalue weighted by molar-refractivity contribution is 0.0998. The highest BCUT2D eigenvalue weighted by molar-refractivity contribution is 7.16. The number of thiophene rings is 1. The van der Waals surface area contributed by atoms with Gasteiger partial charge < -0.3 is 4.57 Å². The largest absolute Gasteiger partial charge is 0.319 e. The average Bonchev–Trinajstić information content (AvgIpc) is 3.00. The molecule has 0 unspecified atom stereocenters. The summed E-state index contributed by atoms with van der Waals surface area (Å²) in [5.74, 6) is -0.182. The van der Waals surface area contributed by atoms with E-state index in [1.807, 2.05) is 46.6 Å². The Morgan fingerprint density at radius 3 is 2.83 bits per heavy atom. The van der Waals surface area contributed by atoms with Crippen LogP contribution in [0.3, 0.4) is 0 Å². The average molecular weight is 274 g/mol. The van der Waals surface area contributed by atoms with E-state index in [1.54, 1.807) is 6.07 Å². The van der Waals surface area contributed by atoms with Gasteiger partial charge in [0.25, 0.3) is 5.91 Å². The number of para-hydroxylation sites is 1. The molecule has 0 atom stereocenters. The number of amides is 1. The van der Waals surface area contributed by atoms with Crippen LogP contribution >= 0.6 is 22.7 Å². The number of benzene rings is 1. The van der Waals surface area contributed by atoms with Gasteiger partial charge in [-0.25, -0.2) is 0 Å². The first-order valence-electron chi connectivity index (χ1n) is 5.41. The van der Waals surface area contributed by atoms with E-state index in [4.69, 9.17) is 0 Å². The second-order valence-corrected chi connectivity index (χ2v) is 5.63. The van der Waals surface area contributed by atoms with Crippen LogP contribution in [0.15, 0.2) is 46.1 Å². The molecule has 2 heterocycles. The lowest BCUT2D eigenvalue weighted by Crippen LogP contribution is -2.12. The van der Waals surface area contributed by atoms with Crippen LogP contribution in [0, 0.1) is 0 Å². The van der Waals surface area contributed by atoms with Crippen LogP contribution in [0.1, 0.15) is 10.4 Å². The minimum atomic E-state index is -0.182. The fraction of sp³-hybridized carbons (Fsp3) is 0.0769. The van der Waals surface area contributed by atoms with Gasteiger partial charge in [-0.2, -0.15) is 16.3 Å². The second kappa shape index (κ2) is 4.51. The van der Waals surface area contributed by atoms with Gasteiger partial charge in [-0.1, -0.05) is 23.5 Å². The second-order valence-electron chi connectivity index (χ2n) is 3.84. The molecule has 0 N–H and O–H groups in total. The van der Waals surface area contributed by atoms with Crippen molar-refractivity contribution in [3.63, 3.8) is 0 Å². The Kier molecular flexibility index (Phi) is 2.85. The summed E-state index contributed by atoms with van der Waals surface area (Å²) in [5.41, 5.74) is 1.75. The first kappa shape index (κ1) is 11.4. The number of hydrogen-bond acceptors (Lipinski definition) is 3. The van der Waals surface area contributed by atoms with Crippen LogP contribution < -0.4 is 4.80 Å². The van der Waals surface area contributed by atoms with E-state index >= 15 is 0 Å². The summed E-state index contributed by atoms with van der Waals surface area (Å²) in [6, 6.07) is 9.83. The summed E-state index contributed by atoms with van der Waals surface area (Å²) in [4.78, 5) is 16.9. The lowest BCUT2D eigenvalue weighted by atomic mass is 10.3. The third-order valence-corrected chi connectivity index (χ3v) is 4.48. The van der Waals surface area contributed by atoms with Gasteiger partial charge in [-0.05, 0) is 23.6 Å². The Balaban J connectivity index is 2.15. The Bertz CT molecular complexity index is 766. The van der Waals surface area contributed by atoms with E-state index in [1.165, 1.54) is 22.7 Å². The zero-order valence-electron chi connectivity index (χ0n) is 9.66. The van der Waals surface area contributed by atoms with Crippen LogP contribution in [-0.4, -0.2) is 10.5 Å². The smallest absolute Gasteiger partial charge is 0.280 e. The minimum Gasteiger partial charge on any atom is -0.319 e.